The van der Waals surface area contributed by atoms with Gasteiger partial charge in [-0.1, -0.05) is 13.8 Å². The van der Waals surface area contributed by atoms with Crippen LogP contribution in [0.3, 0.4) is 0 Å². The first-order chi connectivity index (χ1) is 3.31. The summed E-state index contributed by atoms with van der Waals surface area (Å²) < 4.78 is 0. The summed E-state index contributed by atoms with van der Waals surface area (Å²) in [5.74, 6) is 0.502. The van der Waals surface area contributed by atoms with Crippen molar-refractivity contribution in [1.82, 2.24) is 0 Å². The molecule has 0 atom stereocenters. The largest absolute Gasteiger partial charge is 0.513 e. The van der Waals surface area contributed by atoms with Gasteiger partial charge in [0.05, 0.1) is 5.76 Å². The summed E-state index contributed by atoms with van der Waals surface area (Å²) in [6.45, 7) is 3.94. The van der Waals surface area contributed by atoms with Crippen molar-refractivity contribution in [2.45, 2.75) is 26.7 Å². The minimum absolute atomic E-state index is 0.502. The molecule has 0 saturated carbocycles. The maximum Gasteiger partial charge on any atom is 0.0880 e. The smallest absolute Gasteiger partial charge is 0.0880 e. The Labute approximate surface area is 44.7 Å². The minimum Gasteiger partial charge on any atom is -0.513 e. The number of hydrogen-bond acceptors (Lipinski definition) is 1. The molecule has 1 N–H and O–H groups in total. The predicted octanol–water partition coefficient (Wildman–Crippen LogP) is 2.25. The van der Waals surface area contributed by atoms with E-state index >= 15 is 0 Å². The van der Waals surface area contributed by atoms with Crippen molar-refractivity contribution in [1.29, 1.82) is 0 Å². The lowest BCUT2D eigenvalue weighted by Gasteiger charge is -1.87. The zero-order chi connectivity index (χ0) is 5.70. The molecule has 0 bridgehead atoms. The number of aliphatic hydroxyl groups excluding tert-OH is 1. The minimum atomic E-state index is 0.502. The van der Waals surface area contributed by atoms with E-state index in [4.69, 9.17) is 5.11 Å². The van der Waals surface area contributed by atoms with Gasteiger partial charge in [-0.05, 0) is 12.5 Å². The maximum absolute atomic E-state index is 8.72. The first-order valence-corrected chi connectivity index (χ1v) is 2.69. The number of rotatable bonds is 2. The van der Waals surface area contributed by atoms with E-state index in [2.05, 4.69) is 0 Å². The molecule has 0 aliphatic carbocycles. The van der Waals surface area contributed by atoms with Crippen molar-refractivity contribution in [3.63, 3.8) is 0 Å². The molecule has 0 fully saturated rings. The van der Waals surface area contributed by atoms with Gasteiger partial charge in [0, 0.05) is 6.42 Å². The average Bonchev–Trinajstić information content (AvgIpc) is 1.68. The fraction of sp³-hybridized carbons (Fsp3) is 0.667. The van der Waals surface area contributed by atoms with Gasteiger partial charge in [-0.15, -0.1) is 0 Å². The summed E-state index contributed by atoms with van der Waals surface area (Å²) in [6.07, 6.45) is 3.51. The third kappa shape index (κ3) is 3.37. The molecule has 0 aliphatic rings. The Bertz CT molecular complexity index is 64.6. The predicted molar refractivity (Wildman–Crippen MR) is 31.3 cm³/mol. The van der Waals surface area contributed by atoms with Crippen LogP contribution in [0.1, 0.15) is 26.7 Å². The molecule has 0 amide bonds. The number of aliphatic hydroxyl groups is 1. The van der Waals surface area contributed by atoms with Gasteiger partial charge < -0.3 is 5.11 Å². The number of allylic oxidation sites excluding steroid dienone is 2. The third-order valence-electron chi connectivity index (χ3n) is 0.802. The van der Waals surface area contributed by atoms with Gasteiger partial charge in [0.15, 0.2) is 0 Å². The molecule has 0 unspecified atom stereocenters. The van der Waals surface area contributed by atoms with Crippen molar-refractivity contribution < 1.29 is 5.11 Å². The summed E-state index contributed by atoms with van der Waals surface area (Å²) in [6, 6.07) is 0. The highest BCUT2D eigenvalue weighted by atomic mass is 16.3. The zero-order valence-electron chi connectivity index (χ0n) is 4.94. The molecule has 1 nitrogen and oxygen atoms in total. The van der Waals surface area contributed by atoms with E-state index in [0.29, 0.717) is 5.76 Å². The van der Waals surface area contributed by atoms with Gasteiger partial charge >= 0.3 is 0 Å². The van der Waals surface area contributed by atoms with Crippen LogP contribution in [-0.4, -0.2) is 5.11 Å². The van der Waals surface area contributed by atoms with Crippen molar-refractivity contribution in [2.75, 3.05) is 0 Å². The van der Waals surface area contributed by atoms with Crippen molar-refractivity contribution >= 4 is 0 Å². The lowest BCUT2D eigenvalue weighted by Crippen LogP contribution is -1.73. The topological polar surface area (TPSA) is 20.2 Å². The van der Waals surface area contributed by atoms with Crippen molar-refractivity contribution in [3.05, 3.63) is 11.8 Å². The van der Waals surface area contributed by atoms with Crippen LogP contribution < -0.4 is 0 Å². The highest BCUT2D eigenvalue weighted by molar-refractivity contribution is 4.87. The number of hydrogen-bond donors (Lipinski definition) is 1. The summed E-state index contributed by atoms with van der Waals surface area (Å²) in [5.41, 5.74) is 0. The molecule has 0 aromatic heterocycles. The van der Waals surface area contributed by atoms with Crippen LogP contribution in [0.4, 0.5) is 0 Å². The molecule has 0 heterocycles. The fourth-order valence-electron chi connectivity index (χ4n) is 0.380. The van der Waals surface area contributed by atoms with Gasteiger partial charge in [-0.2, -0.15) is 0 Å². The van der Waals surface area contributed by atoms with E-state index < -0.39 is 0 Å². The Hall–Kier alpha value is -0.460. The van der Waals surface area contributed by atoms with E-state index in [1.807, 2.05) is 19.9 Å². The summed E-state index contributed by atoms with van der Waals surface area (Å²) in [4.78, 5) is 0. The van der Waals surface area contributed by atoms with Crippen LogP contribution in [0.15, 0.2) is 11.8 Å². The van der Waals surface area contributed by atoms with Crippen LogP contribution in [0, 0.1) is 0 Å². The van der Waals surface area contributed by atoms with E-state index in [-0.39, 0.29) is 0 Å². The molecule has 1 heteroatoms. The average molecular weight is 100 g/mol. The van der Waals surface area contributed by atoms with Gasteiger partial charge in [0.2, 0.25) is 0 Å². The lowest BCUT2D eigenvalue weighted by molar-refractivity contribution is 0.392. The molecule has 0 radical (unpaired) electrons. The first-order valence-electron chi connectivity index (χ1n) is 2.69. The Kier molecular flexibility index (Phi) is 3.48. The van der Waals surface area contributed by atoms with Crippen molar-refractivity contribution in [2.24, 2.45) is 0 Å². The Morgan fingerprint density at radius 3 is 2.29 bits per heavy atom. The molecule has 0 saturated heterocycles. The van der Waals surface area contributed by atoms with Crippen molar-refractivity contribution in [3.8, 4) is 0 Å². The van der Waals surface area contributed by atoms with E-state index in [1.54, 1.807) is 0 Å². The summed E-state index contributed by atoms with van der Waals surface area (Å²) in [5, 5.41) is 8.72. The fourth-order valence-corrected chi connectivity index (χ4v) is 0.380. The quantitative estimate of drug-likeness (QED) is 0.527. The zero-order valence-corrected chi connectivity index (χ0v) is 4.94. The summed E-state index contributed by atoms with van der Waals surface area (Å²) in [7, 11) is 0. The van der Waals surface area contributed by atoms with Crippen LogP contribution in [-0.2, 0) is 0 Å². The second-order valence-electron chi connectivity index (χ2n) is 1.46. The van der Waals surface area contributed by atoms with Gasteiger partial charge in [0.1, 0.15) is 0 Å². The van der Waals surface area contributed by atoms with Crippen LogP contribution in [0.25, 0.3) is 0 Å². The third-order valence-corrected chi connectivity index (χ3v) is 0.802. The molecule has 42 valence electrons. The molecular weight excluding hydrogens is 88.1 g/mol. The van der Waals surface area contributed by atoms with E-state index in [1.165, 1.54) is 0 Å². The van der Waals surface area contributed by atoms with E-state index in [0.717, 1.165) is 12.8 Å². The molecule has 0 aromatic rings. The second kappa shape index (κ2) is 3.72. The highest BCUT2D eigenvalue weighted by Gasteiger charge is 1.80. The van der Waals surface area contributed by atoms with Gasteiger partial charge in [-0.25, -0.2) is 0 Å². The molecule has 0 aromatic carbocycles. The standard InChI is InChI=1S/C6H12O/c1-3-5-6(7)4-2/h5,7H,3-4H2,1-2H3/b6-5+. The monoisotopic (exact) mass is 100 g/mol. The highest BCUT2D eigenvalue weighted by Crippen LogP contribution is 1.94. The van der Waals surface area contributed by atoms with Gasteiger partial charge in [0.25, 0.3) is 0 Å². The second-order valence-corrected chi connectivity index (χ2v) is 1.46. The van der Waals surface area contributed by atoms with Crippen LogP contribution in [0.5, 0.6) is 0 Å². The maximum atomic E-state index is 8.72. The first kappa shape index (κ1) is 6.54. The Balaban J connectivity index is 3.29. The molecule has 0 aliphatic heterocycles. The van der Waals surface area contributed by atoms with Crippen LogP contribution in [0.2, 0.25) is 0 Å². The lowest BCUT2D eigenvalue weighted by atomic mass is 10.3. The molecule has 0 spiro atoms. The van der Waals surface area contributed by atoms with Crippen LogP contribution >= 0.6 is 0 Å². The van der Waals surface area contributed by atoms with Gasteiger partial charge in [-0.3, -0.25) is 0 Å². The van der Waals surface area contributed by atoms with E-state index in [9.17, 15) is 0 Å². The normalized spacial score (nSPS) is 12.0. The molecular formula is C6H12O. The Morgan fingerprint density at radius 1 is 1.57 bits per heavy atom. The molecule has 0 rings (SSSR count). The Morgan fingerprint density at radius 2 is 2.14 bits per heavy atom. The molecule has 7 heavy (non-hydrogen) atoms. The SMILES string of the molecule is CC/C=C(/O)CC. The summed E-state index contributed by atoms with van der Waals surface area (Å²) >= 11 is 0.